The topological polar surface area (TPSA) is 111 Å². The van der Waals surface area contributed by atoms with Gasteiger partial charge in [-0.3, -0.25) is 0 Å². The van der Waals surface area contributed by atoms with Crippen LogP contribution >= 0.6 is 23.2 Å². The van der Waals surface area contributed by atoms with Gasteiger partial charge in [-0.15, -0.1) is 0 Å². The van der Waals surface area contributed by atoms with E-state index in [-0.39, 0.29) is 39.0 Å². The van der Waals surface area contributed by atoms with Crippen LogP contribution in [-0.2, 0) is 27.8 Å². The fraction of sp³-hybridized carbons (Fsp3) is 0.471. The van der Waals surface area contributed by atoms with Crippen LogP contribution in [0.2, 0.25) is 10.0 Å². The predicted octanol–water partition coefficient (Wildman–Crippen LogP) is 3.37. The van der Waals surface area contributed by atoms with Gasteiger partial charge in [0.1, 0.15) is 4.90 Å². The second kappa shape index (κ2) is 8.36. The third kappa shape index (κ3) is 5.22. The number of benzene rings is 1. The minimum Gasteiger partial charge on any atom is -0.452 e. The van der Waals surface area contributed by atoms with Crippen molar-refractivity contribution in [2.75, 3.05) is 0 Å². The van der Waals surface area contributed by atoms with E-state index in [2.05, 4.69) is 14.9 Å². The molecule has 3 rings (SSSR count). The molecule has 152 valence electrons. The number of halogens is 2. The highest BCUT2D eigenvalue weighted by Gasteiger charge is 2.30. The number of nitrogens with zero attached hydrogens (tertiary/aromatic N) is 2. The van der Waals surface area contributed by atoms with E-state index in [9.17, 15) is 13.2 Å². The molecule has 0 aliphatic heterocycles. The first-order valence-corrected chi connectivity index (χ1v) is 10.9. The molecule has 1 aromatic carbocycles. The van der Waals surface area contributed by atoms with Crippen LogP contribution in [0.25, 0.3) is 0 Å². The Morgan fingerprint density at radius 1 is 1.32 bits per heavy atom. The number of hydrogen-bond donors (Lipinski definition) is 1. The molecule has 1 aliphatic carbocycles. The highest BCUT2D eigenvalue weighted by atomic mass is 35.5. The Labute approximate surface area is 172 Å². The molecule has 1 saturated carbocycles. The van der Waals surface area contributed by atoms with Gasteiger partial charge < -0.3 is 9.26 Å². The maximum Gasteiger partial charge on any atom is 0.340 e. The molecular formula is C17H19Cl2N3O5S. The Kier molecular flexibility index (Phi) is 6.28. The highest BCUT2D eigenvalue weighted by Crippen LogP contribution is 2.31. The van der Waals surface area contributed by atoms with E-state index in [0.717, 1.165) is 18.9 Å². The van der Waals surface area contributed by atoms with Crippen molar-refractivity contribution in [2.45, 2.75) is 50.7 Å². The summed E-state index contributed by atoms with van der Waals surface area (Å²) in [5.41, 5.74) is -0.121. The largest absolute Gasteiger partial charge is 0.452 e. The van der Waals surface area contributed by atoms with Gasteiger partial charge in [-0.25, -0.2) is 17.9 Å². The third-order valence-corrected chi connectivity index (χ3v) is 6.16. The maximum absolute atomic E-state index is 12.4. The molecule has 1 N–H and O–H groups in total. The van der Waals surface area contributed by atoms with Crippen molar-refractivity contribution in [2.24, 2.45) is 5.92 Å². The summed E-state index contributed by atoms with van der Waals surface area (Å²) in [6.07, 6.45) is 2.17. The van der Waals surface area contributed by atoms with E-state index in [0.29, 0.717) is 18.2 Å². The Balaban J connectivity index is 1.74. The van der Waals surface area contributed by atoms with Gasteiger partial charge in [0.2, 0.25) is 10.0 Å². The van der Waals surface area contributed by atoms with Crippen molar-refractivity contribution in [1.29, 1.82) is 0 Å². The lowest BCUT2D eigenvalue weighted by Gasteiger charge is -2.11. The summed E-state index contributed by atoms with van der Waals surface area (Å²) >= 11 is 12.1. The number of aromatic nitrogens is 2. The second-order valence-electron chi connectivity index (χ2n) is 6.94. The predicted molar refractivity (Wildman–Crippen MR) is 102 cm³/mol. The number of ether oxygens (including phenoxy) is 1. The quantitative estimate of drug-likeness (QED) is 0.617. The standard InChI is InChI=1S/C17H19Cl2N3O5S/c1-9(2)5-15-20-16(27-21-15)8-26-17(23)11-6-14(13(19)7-12(11)18)28(24,25)22-10-3-4-10/h6-7,9-10,22H,3-5,8H2,1-2H3. The van der Waals surface area contributed by atoms with Crippen LogP contribution in [0, 0.1) is 5.92 Å². The molecule has 8 nitrogen and oxygen atoms in total. The SMILES string of the molecule is CC(C)Cc1noc(COC(=O)c2cc(S(=O)(=O)NC3CC3)c(Cl)cc2Cl)n1. The number of nitrogens with one attached hydrogen (secondary N) is 1. The molecule has 0 atom stereocenters. The van der Waals surface area contributed by atoms with Crippen molar-refractivity contribution < 1.29 is 22.5 Å². The first-order valence-electron chi connectivity index (χ1n) is 8.65. The number of rotatable bonds is 8. The monoisotopic (exact) mass is 447 g/mol. The summed E-state index contributed by atoms with van der Waals surface area (Å²) in [5, 5.41) is 3.71. The van der Waals surface area contributed by atoms with E-state index < -0.39 is 16.0 Å². The van der Waals surface area contributed by atoms with Crippen molar-refractivity contribution in [3.63, 3.8) is 0 Å². The molecule has 0 radical (unpaired) electrons. The van der Waals surface area contributed by atoms with Gasteiger partial charge in [-0.2, -0.15) is 4.98 Å². The zero-order valence-electron chi connectivity index (χ0n) is 15.2. The van der Waals surface area contributed by atoms with E-state index in [4.69, 9.17) is 32.5 Å². The normalized spacial score (nSPS) is 14.5. The second-order valence-corrected chi connectivity index (χ2v) is 9.43. The molecule has 0 bridgehead atoms. The molecule has 0 unspecified atom stereocenters. The first-order chi connectivity index (χ1) is 13.2. The smallest absolute Gasteiger partial charge is 0.340 e. The fourth-order valence-electron chi connectivity index (χ4n) is 2.38. The molecule has 28 heavy (non-hydrogen) atoms. The lowest BCUT2D eigenvalue weighted by atomic mass is 10.1. The molecule has 0 saturated heterocycles. The first kappa shape index (κ1) is 21.0. The molecule has 1 aliphatic rings. The van der Waals surface area contributed by atoms with Crippen LogP contribution < -0.4 is 4.72 Å². The zero-order chi connectivity index (χ0) is 20.5. The van der Waals surface area contributed by atoms with Crippen molar-refractivity contribution in [1.82, 2.24) is 14.9 Å². The highest BCUT2D eigenvalue weighted by molar-refractivity contribution is 7.89. The van der Waals surface area contributed by atoms with Gasteiger partial charge in [0.15, 0.2) is 12.4 Å². The Morgan fingerprint density at radius 3 is 2.68 bits per heavy atom. The molecule has 0 spiro atoms. The number of hydrogen-bond acceptors (Lipinski definition) is 7. The number of carbonyl (C=O) groups is 1. The van der Waals surface area contributed by atoms with Crippen molar-refractivity contribution >= 4 is 39.2 Å². The average Bonchev–Trinajstić information content (AvgIpc) is 3.27. The van der Waals surface area contributed by atoms with Crippen LogP contribution in [0.5, 0.6) is 0 Å². The van der Waals surface area contributed by atoms with Gasteiger partial charge in [-0.1, -0.05) is 42.2 Å². The Bertz CT molecular complexity index is 987. The summed E-state index contributed by atoms with van der Waals surface area (Å²) in [5.74, 6) is 0.182. The number of carbonyl (C=O) groups excluding carboxylic acids is 1. The zero-order valence-corrected chi connectivity index (χ0v) is 17.6. The Morgan fingerprint density at radius 2 is 2.04 bits per heavy atom. The van der Waals surface area contributed by atoms with Crippen LogP contribution in [0.3, 0.4) is 0 Å². The van der Waals surface area contributed by atoms with Gasteiger partial charge >= 0.3 is 5.97 Å². The summed E-state index contributed by atoms with van der Waals surface area (Å²) in [6.45, 7) is 3.77. The summed E-state index contributed by atoms with van der Waals surface area (Å²) < 4.78 is 37.5. The van der Waals surface area contributed by atoms with E-state index in [1.165, 1.54) is 6.07 Å². The van der Waals surface area contributed by atoms with Gasteiger partial charge in [-0.05, 0) is 30.9 Å². The summed E-state index contributed by atoms with van der Waals surface area (Å²) in [4.78, 5) is 16.3. The van der Waals surface area contributed by atoms with Crippen molar-refractivity contribution in [3.8, 4) is 0 Å². The molecule has 2 aromatic rings. The third-order valence-electron chi connectivity index (χ3n) is 3.86. The van der Waals surface area contributed by atoms with Crippen LogP contribution in [0.4, 0.5) is 0 Å². The van der Waals surface area contributed by atoms with Gasteiger partial charge in [0.25, 0.3) is 5.89 Å². The van der Waals surface area contributed by atoms with E-state index >= 15 is 0 Å². The average molecular weight is 448 g/mol. The van der Waals surface area contributed by atoms with Crippen LogP contribution in [-0.4, -0.2) is 30.6 Å². The minimum atomic E-state index is -3.87. The van der Waals surface area contributed by atoms with Gasteiger partial charge in [0.05, 0.1) is 15.6 Å². The molecule has 11 heteroatoms. The number of esters is 1. The minimum absolute atomic E-state index is 0.0219. The Hall–Kier alpha value is -1.68. The molecule has 1 fully saturated rings. The van der Waals surface area contributed by atoms with E-state index in [1.54, 1.807) is 0 Å². The number of sulfonamides is 1. The molecule has 1 heterocycles. The fourth-order valence-corrected chi connectivity index (χ4v) is 4.53. The molecular weight excluding hydrogens is 429 g/mol. The summed E-state index contributed by atoms with van der Waals surface area (Å²) in [7, 11) is -3.87. The van der Waals surface area contributed by atoms with Crippen molar-refractivity contribution in [3.05, 3.63) is 39.5 Å². The molecule has 0 amide bonds. The van der Waals surface area contributed by atoms with Crippen LogP contribution in [0.15, 0.2) is 21.6 Å². The lowest BCUT2D eigenvalue weighted by Crippen LogP contribution is -2.26. The molecule has 1 aromatic heterocycles. The summed E-state index contributed by atoms with van der Waals surface area (Å²) in [6, 6.07) is 2.20. The lowest BCUT2D eigenvalue weighted by molar-refractivity contribution is 0.0429. The van der Waals surface area contributed by atoms with E-state index in [1.807, 2.05) is 13.8 Å². The maximum atomic E-state index is 12.4. The van der Waals surface area contributed by atoms with Crippen LogP contribution in [0.1, 0.15) is 48.8 Å². The van der Waals surface area contributed by atoms with Gasteiger partial charge in [0, 0.05) is 12.5 Å².